The maximum absolute atomic E-state index is 5.37. The highest BCUT2D eigenvalue weighted by atomic mass is 127. The fraction of sp³-hybridized carbons (Fsp3) is 0.611. The topological polar surface area (TPSA) is 48.9 Å². The zero-order valence-electron chi connectivity index (χ0n) is 15.1. The molecule has 1 fully saturated rings. The summed E-state index contributed by atoms with van der Waals surface area (Å²) in [5.41, 5.74) is 0. The number of morpholine rings is 1. The van der Waals surface area contributed by atoms with E-state index in [-0.39, 0.29) is 24.0 Å². The largest absolute Gasteiger partial charge is 0.379 e. The SMILES string of the molecule is CCNC(=NCCCN1CCOCC1)NCCSc1ccccc1.I. The number of halogens is 1. The molecule has 0 saturated carbocycles. The van der Waals surface area contributed by atoms with Crippen LogP contribution in [0, 0.1) is 0 Å². The molecule has 5 nitrogen and oxygen atoms in total. The first-order valence-corrected chi connectivity index (χ1v) is 9.87. The molecule has 1 heterocycles. The number of ether oxygens (including phenoxy) is 1. The molecule has 0 bridgehead atoms. The number of benzene rings is 1. The highest BCUT2D eigenvalue weighted by molar-refractivity contribution is 14.0. The van der Waals surface area contributed by atoms with Crippen LogP contribution >= 0.6 is 35.7 Å². The van der Waals surface area contributed by atoms with Crippen LogP contribution in [0.4, 0.5) is 0 Å². The number of thioether (sulfide) groups is 1. The molecule has 0 aromatic heterocycles. The Kier molecular flexibility index (Phi) is 13.2. The van der Waals surface area contributed by atoms with Crippen LogP contribution in [0.3, 0.4) is 0 Å². The van der Waals surface area contributed by atoms with E-state index in [2.05, 4.69) is 57.8 Å². The fourth-order valence-electron chi connectivity index (χ4n) is 2.51. The molecule has 7 heteroatoms. The number of aliphatic imine (C=N–C) groups is 1. The second-order valence-corrected chi connectivity index (χ2v) is 6.82. The molecular formula is C18H31IN4OS. The van der Waals surface area contributed by atoms with E-state index in [0.29, 0.717) is 0 Å². The van der Waals surface area contributed by atoms with Gasteiger partial charge >= 0.3 is 0 Å². The average Bonchev–Trinajstić information content (AvgIpc) is 2.64. The van der Waals surface area contributed by atoms with Crippen LogP contribution in [0.1, 0.15) is 13.3 Å². The predicted molar refractivity (Wildman–Crippen MR) is 118 cm³/mol. The normalized spacial score (nSPS) is 15.5. The lowest BCUT2D eigenvalue weighted by molar-refractivity contribution is 0.0377. The second-order valence-electron chi connectivity index (χ2n) is 5.66. The summed E-state index contributed by atoms with van der Waals surface area (Å²) in [6.07, 6.45) is 1.09. The van der Waals surface area contributed by atoms with E-state index in [0.717, 1.165) is 70.6 Å². The lowest BCUT2D eigenvalue weighted by Crippen LogP contribution is -2.39. The molecule has 1 aliphatic rings. The van der Waals surface area contributed by atoms with Crippen LogP contribution < -0.4 is 10.6 Å². The highest BCUT2D eigenvalue weighted by Gasteiger charge is 2.08. The number of guanidine groups is 1. The second kappa shape index (κ2) is 14.6. The quantitative estimate of drug-likeness (QED) is 0.188. The minimum absolute atomic E-state index is 0. The first-order chi connectivity index (χ1) is 11.9. The first-order valence-electron chi connectivity index (χ1n) is 8.88. The molecule has 0 amide bonds. The summed E-state index contributed by atoms with van der Waals surface area (Å²) in [6.45, 7) is 9.71. The van der Waals surface area contributed by atoms with Gasteiger partial charge in [0.1, 0.15) is 0 Å². The third kappa shape index (κ3) is 10.3. The van der Waals surface area contributed by atoms with E-state index in [1.54, 1.807) is 0 Å². The number of hydrogen-bond acceptors (Lipinski definition) is 4. The standard InChI is InChI=1S/C18H30N4OS.HI/c1-2-19-18(20-9-6-11-22-12-14-23-15-13-22)21-10-16-24-17-7-4-3-5-8-17;/h3-5,7-8H,2,6,9-16H2,1H3,(H2,19,20,21);1H. The van der Waals surface area contributed by atoms with Crippen molar-refractivity contribution in [2.45, 2.75) is 18.2 Å². The molecule has 1 aromatic carbocycles. The van der Waals surface area contributed by atoms with E-state index < -0.39 is 0 Å². The Hall–Kier alpha value is -0.510. The first kappa shape index (κ1) is 22.5. The molecule has 1 aliphatic heterocycles. The van der Waals surface area contributed by atoms with Crippen molar-refractivity contribution in [1.82, 2.24) is 15.5 Å². The summed E-state index contributed by atoms with van der Waals surface area (Å²) in [5, 5.41) is 6.73. The molecule has 142 valence electrons. The van der Waals surface area contributed by atoms with E-state index in [9.17, 15) is 0 Å². The Bertz CT molecular complexity index is 469. The minimum atomic E-state index is 0. The molecule has 2 N–H and O–H groups in total. The van der Waals surface area contributed by atoms with Gasteiger partial charge in [-0.1, -0.05) is 18.2 Å². The molecule has 1 aromatic rings. The summed E-state index contributed by atoms with van der Waals surface area (Å²) in [6, 6.07) is 10.5. The van der Waals surface area contributed by atoms with Gasteiger partial charge in [-0.2, -0.15) is 0 Å². The van der Waals surface area contributed by atoms with E-state index in [1.165, 1.54) is 4.90 Å². The number of nitrogens with one attached hydrogen (secondary N) is 2. The van der Waals surface area contributed by atoms with Crippen molar-refractivity contribution in [3.63, 3.8) is 0 Å². The van der Waals surface area contributed by atoms with Gasteiger partial charge in [-0.25, -0.2) is 0 Å². The minimum Gasteiger partial charge on any atom is -0.379 e. The summed E-state index contributed by atoms with van der Waals surface area (Å²) >= 11 is 1.86. The number of nitrogens with zero attached hydrogens (tertiary/aromatic N) is 2. The molecule has 1 saturated heterocycles. The van der Waals surface area contributed by atoms with Crippen LogP contribution in [0.5, 0.6) is 0 Å². The van der Waals surface area contributed by atoms with Gasteiger partial charge in [0.25, 0.3) is 0 Å². The maximum Gasteiger partial charge on any atom is 0.191 e. The van der Waals surface area contributed by atoms with Crippen molar-refractivity contribution in [3.05, 3.63) is 30.3 Å². The Morgan fingerprint density at radius 3 is 2.68 bits per heavy atom. The Morgan fingerprint density at radius 2 is 1.96 bits per heavy atom. The molecular weight excluding hydrogens is 447 g/mol. The van der Waals surface area contributed by atoms with Gasteiger partial charge < -0.3 is 15.4 Å². The Morgan fingerprint density at radius 1 is 1.20 bits per heavy atom. The van der Waals surface area contributed by atoms with Crippen molar-refractivity contribution >= 4 is 41.7 Å². The summed E-state index contributed by atoms with van der Waals surface area (Å²) < 4.78 is 5.37. The lowest BCUT2D eigenvalue weighted by Gasteiger charge is -2.26. The summed E-state index contributed by atoms with van der Waals surface area (Å²) in [7, 11) is 0. The maximum atomic E-state index is 5.37. The zero-order chi connectivity index (χ0) is 16.9. The van der Waals surface area contributed by atoms with Crippen molar-refractivity contribution in [2.75, 3.05) is 58.2 Å². The highest BCUT2D eigenvalue weighted by Crippen LogP contribution is 2.15. The summed E-state index contributed by atoms with van der Waals surface area (Å²) in [4.78, 5) is 8.44. The molecule has 0 radical (unpaired) electrons. The Labute approximate surface area is 173 Å². The van der Waals surface area contributed by atoms with E-state index >= 15 is 0 Å². The van der Waals surface area contributed by atoms with E-state index in [1.807, 2.05) is 11.8 Å². The smallest absolute Gasteiger partial charge is 0.191 e. The van der Waals surface area contributed by atoms with Crippen molar-refractivity contribution in [3.8, 4) is 0 Å². The van der Waals surface area contributed by atoms with Gasteiger partial charge in [-0.15, -0.1) is 35.7 Å². The van der Waals surface area contributed by atoms with Gasteiger partial charge in [0, 0.05) is 49.9 Å². The van der Waals surface area contributed by atoms with Gasteiger partial charge in [-0.3, -0.25) is 9.89 Å². The van der Waals surface area contributed by atoms with Gasteiger partial charge in [0.15, 0.2) is 5.96 Å². The van der Waals surface area contributed by atoms with Gasteiger partial charge in [-0.05, 0) is 25.5 Å². The third-order valence-electron chi connectivity index (χ3n) is 3.76. The van der Waals surface area contributed by atoms with Crippen LogP contribution in [0.15, 0.2) is 40.2 Å². The zero-order valence-corrected chi connectivity index (χ0v) is 18.2. The van der Waals surface area contributed by atoms with Crippen molar-refractivity contribution < 1.29 is 4.74 Å². The summed E-state index contributed by atoms with van der Waals surface area (Å²) in [5.74, 6) is 1.95. The molecule has 0 spiro atoms. The lowest BCUT2D eigenvalue weighted by atomic mass is 10.3. The third-order valence-corrected chi connectivity index (χ3v) is 4.77. The molecule has 25 heavy (non-hydrogen) atoms. The molecule has 0 unspecified atom stereocenters. The number of rotatable bonds is 9. The van der Waals surface area contributed by atoms with Crippen LogP contribution in [0.2, 0.25) is 0 Å². The van der Waals surface area contributed by atoms with Gasteiger partial charge in [0.2, 0.25) is 0 Å². The molecule has 0 atom stereocenters. The average molecular weight is 478 g/mol. The van der Waals surface area contributed by atoms with Crippen LogP contribution in [-0.2, 0) is 4.74 Å². The molecule has 0 aliphatic carbocycles. The molecule has 2 rings (SSSR count). The predicted octanol–water partition coefficient (Wildman–Crippen LogP) is 2.67. The fourth-order valence-corrected chi connectivity index (χ4v) is 3.30. The van der Waals surface area contributed by atoms with Crippen LogP contribution in [-0.4, -0.2) is 69.1 Å². The van der Waals surface area contributed by atoms with Crippen LogP contribution in [0.25, 0.3) is 0 Å². The van der Waals surface area contributed by atoms with Crippen molar-refractivity contribution in [1.29, 1.82) is 0 Å². The van der Waals surface area contributed by atoms with E-state index in [4.69, 9.17) is 4.74 Å². The number of hydrogen-bond donors (Lipinski definition) is 2. The van der Waals surface area contributed by atoms with Gasteiger partial charge in [0.05, 0.1) is 13.2 Å². The monoisotopic (exact) mass is 478 g/mol. The van der Waals surface area contributed by atoms with Crippen molar-refractivity contribution in [2.24, 2.45) is 4.99 Å². The Balaban J connectivity index is 0.00000312.